The summed E-state index contributed by atoms with van der Waals surface area (Å²) in [5, 5.41) is 15.7. The Morgan fingerprint density at radius 3 is 2.71 bits per heavy atom. The van der Waals surface area contributed by atoms with Crippen LogP contribution in [0.25, 0.3) is 0 Å². The lowest BCUT2D eigenvalue weighted by Crippen LogP contribution is -2.03. The second kappa shape index (κ2) is 5.11. The monoisotopic (exact) mass is 252 g/mol. The van der Waals surface area contributed by atoms with Gasteiger partial charge in [0.1, 0.15) is 23.3 Å². The van der Waals surface area contributed by atoms with Crippen molar-refractivity contribution in [2.45, 2.75) is 6.10 Å². The molecule has 0 spiro atoms. The first-order valence-corrected chi connectivity index (χ1v) is 5.77. The summed E-state index contributed by atoms with van der Waals surface area (Å²) in [4.78, 5) is 0. The SMILES string of the molecule is COc1ccc(C(O)c2csnn2)c(OC)c1. The number of hydrogen-bond acceptors (Lipinski definition) is 6. The minimum absolute atomic E-state index is 0.512. The zero-order valence-corrected chi connectivity index (χ0v) is 10.3. The number of aromatic nitrogens is 2. The van der Waals surface area contributed by atoms with Crippen molar-refractivity contribution in [1.82, 2.24) is 9.59 Å². The predicted octanol–water partition coefficient (Wildman–Crippen LogP) is 1.64. The van der Waals surface area contributed by atoms with Gasteiger partial charge in [0.05, 0.1) is 14.2 Å². The largest absolute Gasteiger partial charge is 0.497 e. The van der Waals surface area contributed by atoms with Crippen LogP contribution in [-0.2, 0) is 0 Å². The third-order valence-corrected chi connectivity index (χ3v) is 2.92. The Bertz CT molecular complexity index is 487. The molecule has 0 saturated carbocycles. The molecule has 17 heavy (non-hydrogen) atoms. The highest BCUT2D eigenvalue weighted by Gasteiger charge is 2.18. The Hall–Kier alpha value is -1.66. The Kier molecular flexibility index (Phi) is 3.55. The third-order valence-electron chi connectivity index (χ3n) is 2.39. The molecule has 1 atom stereocenters. The fourth-order valence-electron chi connectivity index (χ4n) is 1.49. The summed E-state index contributed by atoms with van der Waals surface area (Å²) >= 11 is 1.20. The van der Waals surface area contributed by atoms with E-state index in [1.54, 1.807) is 37.8 Å². The average Bonchev–Trinajstić information content (AvgIpc) is 2.91. The zero-order valence-electron chi connectivity index (χ0n) is 9.45. The Balaban J connectivity index is 2.38. The highest BCUT2D eigenvalue weighted by Crippen LogP contribution is 2.32. The molecule has 5 nitrogen and oxygen atoms in total. The molecule has 1 N–H and O–H groups in total. The minimum Gasteiger partial charge on any atom is -0.497 e. The van der Waals surface area contributed by atoms with Crippen LogP contribution in [-0.4, -0.2) is 28.9 Å². The average molecular weight is 252 g/mol. The van der Waals surface area contributed by atoms with Crippen LogP contribution in [0.3, 0.4) is 0 Å². The van der Waals surface area contributed by atoms with Gasteiger partial charge in [-0.1, -0.05) is 4.49 Å². The van der Waals surface area contributed by atoms with Gasteiger partial charge in [-0.15, -0.1) is 5.10 Å². The van der Waals surface area contributed by atoms with Gasteiger partial charge in [0, 0.05) is 17.0 Å². The number of benzene rings is 1. The van der Waals surface area contributed by atoms with E-state index in [0.717, 1.165) is 0 Å². The van der Waals surface area contributed by atoms with Gasteiger partial charge in [-0.05, 0) is 23.7 Å². The number of ether oxygens (including phenoxy) is 2. The molecular formula is C11H12N2O3S. The van der Waals surface area contributed by atoms with Gasteiger partial charge in [0.2, 0.25) is 0 Å². The van der Waals surface area contributed by atoms with E-state index < -0.39 is 6.10 Å². The van der Waals surface area contributed by atoms with Crippen LogP contribution in [0, 0.1) is 0 Å². The molecule has 0 aliphatic rings. The Labute approximate surface area is 103 Å². The van der Waals surface area contributed by atoms with E-state index in [2.05, 4.69) is 9.59 Å². The van der Waals surface area contributed by atoms with E-state index in [4.69, 9.17) is 9.47 Å². The van der Waals surface area contributed by atoms with Gasteiger partial charge in [0.25, 0.3) is 0 Å². The van der Waals surface area contributed by atoms with Crippen LogP contribution in [0.15, 0.2) is 23.6 Å². The molecule has 0 saturated heterocycles. The van der Waals surface area contributed by atoms with E-state index in [-0.39, 0.29) is 0 Å². The standard InChI is InChI=1S/C11H12N2O3S/c1-15-7-3-4-8(10(5-7)16-2)11(14)9-6-17-13-12-9/h3-6,11,14H,1-2H3. The first-order chi connectivity index (χ1) is 8.26. The molecule has 1 aromatic heterocycles. The summed E-state index contributed by atoms with van der Waals surface area (Å²) in [6.07, 6.45) is -0.838. The molecule has 1 heterocycles. The maximum absolute atomic E-state index is 10.1. The molecule has 90 valence electrons. The smallest absolute Gasteiger partial charge is 0.128 e. The number of aliphatic hydroxyl groups is 1. The van der Waals surface area contributed by atoms with E-state index in [1.165, 1.54) is 11.5 Å². The van der Waals surface area contributed by atoms with Crippen LogP contribution in [0.1, 0.15) is 17.4 Å². The van der Waals surface area contributed by atoms with E-state index in [9.17, 15) is 5.11 Å². The van der Waals surface area contributed by atoms with E-state index >= 15 is 0 Å². The summed E-state index contributed by atoms with van der Waals surface area (Å²) in [6, 6.07) is 5.24. The fourth-order valence-corrected chi connectivity index (χ4v) is 1.97. The van der Waals surface area contributed by atoms with Gasteiger partial charge >= 0.3 is 0 Å². The molecule has 6 heteroatoms. The maximum Gasteiger partial charge on any atom is 0.128 e. The molecule has 2 rings (SSSR count). The summed E-state index contributed by atoms with van der Waals surface area (Å²) < 4.78 is 14.0. The predicted molar refractivity (Wildman–Crippen MR) is 63.5 cm³/mol. The maximum atomic E-state index is 10.1. The van der Waals surface area contributed by atoms with Crippen molar-refractivity contribution in [3.63, 3.8) is 0 Å². The van der Waals surface area contributed by atoms with Gasteiger partial charge in [0.15, 0.2) is 0 Å². The lowest BCUT2D eigenvalue weighted by Gasteiger charge is -2.13. The fraction of sp³-hybridized carbons (Fsp3) is 0.273. The van der Waals surface area contributed by atoms with Crippen LogP contribution >= 0.6 is 11.5 Å². The van der Waals surface area contributed by atoms with Crippen molar-refractivity contribution in [3.05, 3.63) is 34.8 Å². The molecule has 1 unspecified atom stereocenters. The number of rotatable bonds is 4. The quantitative estimate of drug-likeness (QED) is 0.896. The van der Waals surface area contributed by atoms with Crippen molar-refractivity contribution in [1.29, 1.82) is 0 Å². The molecule has 0 aliphatic carbocycles. The highest BCUT2D eigenvalue weighted by atomic mass is 32.1. The molecule has 0 amide bonds. The van der Waals surface area contributed by atoms with Crippen molar-refractivity contribution < 1.29 is 14.6 Å². The molecule has 0 radical (unpaired) electrons. The summed E-state index contributed by atoms with van der Waals surface area (Å²) in [5.41, 5.74) is 1.15. The first-order valence-electron chi connectivity index (χ1n) is 4.93. The van der Waals surface area contributed by atoms with Crippen molar-refractivity contribution in [2.75, 3.05) is 14.2 Å². The van der Waals surface area contributed by atoms with Crippen molar-refractivity contribution in [2.24, 2.45) is 0 Å². The lowest BCUT2D eigenvalue weighted by molar-refractivity contribution is 0.209. The topological polar surface area (TPSA) is 64.5 Å². The second-order valence-corrected chi connectivity index (χ2v) is 3.95. The number of methoxy groups -OCH3 is 2. The summed E-state index contributed by atoms with van der Waals surface area (Å²) in [7, 11) is 3.12. The molecule has 0 bridgehead atoms. The van der Waals surface area contributed by atoms with Gasteiger partial charge in [-0.2, -0.15) is 0 Å². The number of nitrogens with zero attached hydrogens (tertiary/aromatic N) is 2. The minimum atomic E-state index is -0.838. The van der Waals surface area contributed by atoms with Crippen molar-refractivity contribution in [3.8, 4) is 11.5 Å². The third kappa shape index (κ3) is 2.37. The van der Waals surface area contributed by atoms with Gasteiger partial charge in [-0.3, -0.25) is 0 Å². The number of hydrogen-bond donors (Lipinski definition) is 1. The lowest BCUT2D eigenvalue weighted by atomic mass is 10.1. The highest BCUT2D eigenvalue weighted by molar-refractivity contribution is 7.03. The normalized spacial score (nSPS) is 12.2. The summed E-state index contributed by atoms with van der Waals surface area (Å²) in [6.45, 7) is 0. The summed E-state index contributed by atoms with van der Waals surface area (Å²) in [5.74, 6) is 1.24. The molecule has 0 fully saturated rings. The molecule has 0 aliphatic heterocycles. The van der Waals surface area contributed by atoms with Gasteiger partial charge < -0.3 is 14.6 Å². The van der Waals surface area contributed by atoms with Gasteiger partial charge in [-0.25, -0.2) is 0 Å². The second-order valence-electron chi connectivity index (χ2n) is 3.34. The molecule has 1 aromatic carbocycles. The van der Waals surface area contributed by atoms with Crippen LogP contribution in [0.5, 0.6) is 11.5 Å². The molecular weight excluding hydrogens is 240 g/mol. The molecule has 2 aromatic rings. The van der Waals surface area contributed by atoms with Crippen LogP contribution in [0.2, 0.25) is 0 Å². The number of aliphatic hydroxyl groups excluding tert-OH is 1. The van der Waals surface area contributed by atoms with Crippen LogP contribution < -0.4 is 9.47 Å². The van der Waals surface area contributed by atoms with Crippen LogP contribution in [0.4, 0.5) is 0 Å². The van der Waals surface area contributed by atoms with E-state index in [1.807, 2.05) is 0 Å². The Morgan fingerprint density at radius 1 is 1.29 bits per heavy atom. The zero-order chi connectivity index (χ0) is 12.3. The van der Waals surface area contributed by atoms with Crippen molar-refractivity contribution >= 4 is 11.5 Å². The first kappa shape index (κ1) is 11.8. The Morgan fingerprint density at radius 2 is 2.12 bits per heavy atom. The van der Waals surface area contributed by atoms with E-state index in [0.29, 0.717) is 22.8 Å².